The first kappa shape index (κ1) is 16.2. The van der Waals surface area contributed by atoms with E-state index in [9.17, 15) is 9.59 Å². The van der Waals surface area contributed by atoms with Gasteiger partial charge in [0.25, 0.3) is 5.91 Å². The van der Waals surface area contributed by atoms with Gasteiger partial charge < -0.3 is 0 Å². The predicted octanol–water partition coefficient (Wildman–Crippen LogP) is 2.02. The number of aliphatic imine (C=N–C) groups is 1. The van der Waals surface area contributed by atoms with Gasteiger partial charge in [0, 0.05) is 20.1 Å². The molecular formula is C14H22N4O2. The third-order valence-corrected chi connectivity index (χ3v) is 3.46. The quantitative estimate of drug-likeness (QED) is 0.722. The Morgan fingerprint density at radius 3 is 2.50 bits per heavy atom. The molecule has 1 heterocycles. The molecule has 0 aromatic heterocycles. The van der Waals surface area contributed by atoms with Gasteiger partial charge in [0.2, 0.25) is 0 Å². The molecular weight excluding hydrogens is 256 g/mol. The van der Waals surface area contributed by atoms with E-state index in [1.54, 1.807) is 7.05 Å². The minimum absolute atomic E-state index is 0.00106. The number of amidine groups is 1. The van der Waals surface area contributed by atoms with Crippen LogP contribution in [0.4, 0.5) is 4.79 Å². The SMILES string of the molecule is CCCCCC(C)N=C1C(C#N)C(=O)N(C)C(=O)N1C. The van der Waals surface area contributed by atoms with E-state index in [1.165, 1.54) is 11.9 Å². The normalized spacial score (nSPS) is 23.1. The molecule has 1 saturated heterocycles. The molecule has 2 atom stereocenters. The fourth-order valence-electron chi connectivity index (χ4n) is 2.17. The Morgan fingerprint density at radius 1 is 1.30 bits per heavy atom. The Balaban J connectivity index is 2.91. The highest BCUT2D eigenvalue weighted by Gasteiger charge is 2.41. The number of nitrogens with zero attached hydrogens (tertiary/aromatic N) is 4. The van der Waals surface area contributed by atoms with Gasteiger partial charge in [-0.05, 0) is 13.3 Å². The number of amides is 3. The number of carbonyl (C=O) groups excluding carboxylic acids is 2. The third kappa shape index (κ3) is 3.35. The lowest BCUT2D eigenvalue weighted by Crippen LogP contribution is -2.56. The number of hydrogen-bond donors (Lipinski definition) is 0. The predicted molar refractivity (Wildman–Crippen MR) is 76.1 cm³/mol. The summed E-state index contributed by atoms with van der Waals surface area (Å²) < 4.78 is 0. The zero-order valence-corrected chi connectivity index (χ0v) is 12.6. The highest BCUT2D eigenvalue weighted by atomic mass is 16.2. The van der Waals surface area contributed by atoms with Crippen LogP contribution in [0.3, 0.4) is 0 Å². The van der Waals surface area contributed by atoms with Gasteiger partial charge in [0.15, 0.2) is 5.92 Å². The van der Waals surface area contributed by atoms with Crippen molar-refractivity contribution in [2.45, 2.75) is 45.6 Å². The van der Waals surface area contributed by atoms with Crippen LogP contribution in [0, 0.1) is 17.2 Å². The van der Waals surface area contributed by atoms with Gasteiger partial charge in [-0.2, -0.15) is 5.26 Å². The van der Waals surface area contributed by atoms with Gasteiger partial charge in [-0.25, -0.2) is 4.79 Å². The van der Waals surface area contributed by atoms with E-state index >= 15 is 0 Å². The van der Waals surface area contributed by atoms with Crippen LogP contribution in [0.2, 0.25) is 0 Å². The Labute approximate surface area is 120 Å². The largest absolute Gasteiger partial charge is 0.331 e. The first-order valence-electron chi connectivity index (χ1n) is 6.96. The van der Waals surface area contributed by atoms with E-state index in [0.29, 0.717) is 0 Å². The molecule has 0 saturated carbocycles. The first-order valence-corrected chi connectivity index (χ1v) is 6.96. The van der Waals surface area contributed by atoms with Crippen molar-refractivity contribution >= 4 is 17.8 Å². The molecule has 20 heavy (non-hydrogen) atoms. The lowest BCUT2D eigenvalue weighted by molar-refractivity contribution is -0.129. The summed E-state index contributed by atoms with van der Waals surface area (Å²) in [7, 11) is 2.93. The maximum absolute atomic E-state index is 11.9. The maximum atomic E-state index is 11.9. The molecule has 1 rings (SSSR count). The highest BCUT2D eigenvalue weighted by Crippen LogP contribution is 2.18. The van der Waals surface area contributed by atoms with Gasteiger partial charge in [-0.15, -0.1) is 0 Å². The standard InChI is InChI=1S/C14H22N4O2/c1-5-6-7-8-10(2)16-12-11(9-15)13(19)18(4)14(20)17(12)3/h10-11H,5-8H2,1-4H3. The zero-order chi connectivity index (χ0) is 15.3. The molecule has 6 heteroatoms. The molecule has 2 unspecified atom stereocenters. The van der Waals surface area contributed by atoms with Crippen LogP contribution >= 0.6 is 0 Å². The highest BCUT2D eigenvalue weighted by molar-refractivity contribution is 6.19. The Bertz CT molecular complexity index is 453. The third-order valence-electron chi connectivity index (χ3n) is 3.46. The van der Waals surface area contributed by atoms with Crippen LogP contribution < -0.4 is 0 Å². The summed E-state index contributed by atoms with van der Waals surface area (Å²) in [6.07, 6.45) is 4.21. The minimum Gasteiger partial charge on any atom is -0.283 e. The lowest BCUT2D eigenvalue weighted by Gasteiger charge is -2.33. The fourth-order valence-corrected chi connectivity index (χ4v) is 2.17. The summed E-state index contributed by atoms with van der Waals surface area (Å²) in [5.74, 6) is -1.23. The van der Waals surface area contributed by atoms with Crippen LogP contribution in [0.15, 0.2) is 4.99 Å². The molecule has 0 N–H and O–H groups in total. The topological polar surface area (TPSA) is 76.8 Å². The second kappa shape index (κ2) is 7.04. The summed E-state index contributed by atoms with van der Waals surface area (Å²) in [5.41, 5.74) is 0. The number of rotatable bonds is 5. The van der Waals surface area contributed by atoms with Crippen molar-refractivity contribution in [2.75, 3.05) is 14.1 Å². The van der Waals surface area contributed by atoms with Crippen molar-refractivity contribution in [3.8, 4) is 6.07 Å². The molecule has 0 aromatic rings. The number of nitriles is 1. The average molecular weight is 278 g/mol. The number of unbranched alkanes of at least 4 members (excludes halogenated alkanes) is 2. The molecule has 0 aliphatic carbocycles. The van der Waals surface area contributed by atoms with Crippen LogP contribution in [0.25, 0.3) is 0 Å². The monoisotopic (exact) mass is 278 g/mol. The lowest BCUT2D eigenvalue weighted by atomic mass is 10.0. The second-order valence-electron chi connectivity index (χ2n) is 5.13. The smallest absolute Gasteiger partial charge is 0.283 e. The van der Waals surface area contributed by atoms with Gasteiger partial charge in [-0.1, -0.05) is 26.2 Å². The maximum Gasteiger partial charge on any atom is 0.331 e. The number of urea groups is 1. The van der Waals surface area contributed by atoms with Crippen molar-refractivity contribution in [1.29, 1.82) is 5.26 Å². The molecule has 0 radical (unpaired) electrons. The van der Waals surface area contributed by atoms with Crippen molar-refractivity contribution in [2.24, 2.45) is 10.9 Å². The summed E-state index contributed by atoms with van der Waals surface area (Å²) >= 11 is 0. The summed E-state index contributed by atoms with van der Waals surface area (Å²) in [6, 6.07) is 1.50. The molecule has 3 amide bonds. The number of imide groups is 1. The van der Waals surface area contributed by atoms with E-state index in [0.717, 1.165) is 30.6 Å². The van der Waals surface area contributed by atoms with E-state index in [1.807, 2.05) is 13.0 Å². The summed E-state index contributed by atoms with van der Waals surface area (Å²) in [5, 5.41) is 9.16. The van der Waals surface area contributed by atoms with Gasteiger partial charge in [0.05, 0.1) is 6.07 Å². The zero-order valence-electron chi connectivity index (χ0n) is 12.6. The molecule has 0 spiro atoms. The first-order chi connectivity index (χ1) is 9.43. The average Bonchev–Trinajstić information content (AvgIpc) is 2.43. The fraction of sp³-hybridized carbons (Fsp3) is 0.714. The van der Waals surface area contributed by atoms with Crippen LogP contribution in [-0.2, 0) is 4.79 Å². The Kier molecular flexibility index (Phi) is 5.68. The molecule has 0 aromatic carbocycles. The summed E-state index contributed by atoms with van der Waals surface area (Å²) in [6.45, 7) is 4.07. The molecule has 6 nitrogen and oxygen atoms in total. The van der Waals surface area contributed by atoms with E-state index < -0.39 is 17.9 Å². The molecule has 1 fully saturated rings. The Hall–Kier alpha value is -1.90. The molecule has 1 aliphatic rings. The minimum atomic E-state index is -0.990. The molecule has 110 valence electrons. The van der Waals surface area contributed by atoms with Gasteiger partial charge in [0.1, 0.15) is 5.84 Å². The van der Waals surface area contributed by atoms with Crippen molar-refractivity contribution in [3.05, 3.63) is 0 Å². The van der Waals surface area contributed by atoms with E-state index in [-0.39, 0.29) is 11.9 Å². The van der Waals surface area contributed by atoms with E-state index in [4.69, 9.17) is 5.26 Å². The number of hydrogen-bond acceptors (Lipinski definition) is 4. The van der Waals surface area contributed by atoms with Crippen molar-refractivity contribution in [1.82, 2.24) is 9.80 Å². The Morgan fingerprint density at radius 2 is 1.95 bits per heavy atom. The van der Waals surface area contributed by atoms with Gasteiger partial charge in [-0.3, -0.25) is 19.6 Å². The van der Waals surface area contributed by atoms with Crippen LogP contribution in [-0.4, -0.2) is 47.7 Å². The van der Waals surface area contributed by atoms with Crippen molar-refractivity contribution in [3.63, 3.8) is 0 Å². The molecule has 1 aliphatic heterocycles. The van der Waals surface area contributed by atoms with Gasteiger partial charge >= 0.3 is 6.03 Å². The van der Waals surface area contributed by atoms with Crippen LogP contribution in [0.1, 0.15) is 39.5 Å². The molecule has 0 bridgehead atoms. The van der Waals surface area contributed by atoms with E-state index in [2.05, 4.69) is 11.9 Å². The second-order valence-corrected chi connectivity index (χ2v) is 5.13. The van der Waals surface area contributed by atoms with Crippen LogP contribution in [0.5, 0.6) is 0 Å². The van der Waals surface area contributed by atoms with Crippen molar-refractivity contribution < 1.29 is 9.59 Å². The number of carbonyl (C=O) groups is 2. The summed E-state index contributed by atoms with van der Waals surface area (Å²) in [4.78, 5) is 30.5.